The third-order valence-corrected chi connectivity index (χ3v) is 4.56. The number of pyridine rings is 1. The lowest BCUT2D eigenvalue weighted by atomic mass is 10.1. The number of aromatic nitrogens is 1. The minimum atomic E-state index is 0.419. The van der Waals surface area contributed by atoms with Crippen molar-refractivity contribution in [3.63, 3.8) is 0 Å². The lowest BCUT2D eigenvalue weighted by molar-refractivity contribution is 0.129. The molecule has 0 aliphatic heterocycles. The van der Waals surface area contributed by atoms with Crippen molar-refractivity contribution in [1.82, 2.24) is 4.98 Å². The van der Waals surface area contributed by atoms with Gasteiger partial charge < -0.3 is 14.2 Å². The first kappa shape index (κ1) is 20.6. The summed E-state index contributed by atoms with van der Waals surface area (Å²) in [6.45, 7) is 11.6. The summed E-state index contributed by atoms with van der Waals surface area (Å²) in [6.07, 6.45) is 3.46. The van der Waals surface area contributed by atoms with Gasteiger partial charge in [0, 0.05) is 11.1 Å². The smallest absolute Gasteiger partial charge is 0.146 e. The van der Waals surface area contributed by atoms with E-state index in [1.54, 1.807) is 12.2 Å². The van der Waals surface area contributed by atoms with Gasteiger partial charge in [-0.15, -0.1) is 13.2 Å². The van der Waals surface area contributed by atoms with E-state index in [4.69, 9.17) is 14.2 Å². The third-order valence-electron chi connectivity index (χ3n) is 3.67. The highest BCUT2D eigenvalue weighted by Crippen LogP contribution is 2.31. The Hall–Kier alpha value is -1.70. The molecule has 0 saturated carbocycles. The summed E-state index contributed by atoms with van der Waals surface area (Å²) >= 11 is 2.23. The van der Waals surface area contributed by atoms with Gasteiger partial charge in [0.25, 0.3) is 0 Å². The van der Waals surface area contributed by atoms with Crippen LogP contribution < -0.4 is 4.74 Å². The minimum absolute atomic E-state index is 0.419. The Labute approximate surface area is 169 Å². The third kappa shape index (κ3) is 5.93. The molecule has 0 aliphatic carbocycles. The molecule has 0 aliphatic rings. The van der Waals surface area contributed by atoms with Crippen molar-refractivity contribution in [3.05, 3.63) is 81.7 Å². The molecule has 1 aromatic carbocycles. The number of nitrogens with zero attached hydrogens (tertiary/aromatic N) is 1. The van der Waals surface area contributed by atoms with Gasteiger partial charge >= 0.3 is 0 Å². The van der Waals surface area contributed by atoms with Crippen LogP contribution in [-0.2, 0) is 29.3 Å². The van der Waals surface area contributed by atoms with Gasteiger partial charge in [0.1, 0.15) is 16.1 Å². The molecule has 0 atom stereocenters. The SMILES string of the molecule is C=CCOCc1c(I)nc(C)c(OCc2ccccc2)c1COCC=C. The highest BCUT2D eigenvalue weighted by molar-refractivity contribution is 14.1. The molecule has 138 valence electrons. The van der Waals surface area contributed by atoms with Crippen molar-refractivity contribution in [2.24, 2.45) is 0 Å². The van der Waals surface area contributed by atoms with E-state index >= 15 is 0 Å². The molecule has 0 amide bonds. The van der Waals surface area contributed by atoms with Crippen molar-refractivity contribution in [3.8, 4) is 5.75 Å². The van der Waals surface area contributed by atoms with Crippen LogP contribution in [0.4, 0.5) is 0 Å². The molecule has 1 aromatic heterocycles. The minimum Gasteiger partial charge on any atom is -0.487 e. The second-order valence-corrected chi connectivity index (χ2v) is 6.68. The van der Waals surface area contributed by atoms with Crippen molar-refractivity contribution < 1.29 is 14.2 Å². The summed E-state index contributed by atoms with van der Waals surface area (Å²) in [5, 5.41) is 0. The van der Waals surface area contributed by atoms with Gasteiger partial charge in [0.05, 0.1) is 32.1 Å². The van der Waals surface area contributed by atoms with Crippen LogP contribution in [0.15, 0.2) is 55.6 Å². The first-order chi connectivity index (χ1) is 12.7. The lowest BCUT2D eigenvalue weighted by Crippen LogP contribution is -2.11. The van der Waals surface area contributed by atoms with Gasteiger partial charge in [0.15, 0.2) is 0 Å². The Morgan fingerprint density at radius 3 is 2.19 bits per heavy atom. The molecule has 0 radical (unpaired) electrons. The van der Waals surface area contributed by atoms with Crippen molar-refractivity contribution in [2.45, 2.75) is 26.7 Å². The molecular weight excluding hydrogens is 441 g/mol. The second kappa shape index (κ2) is 11.1. The Bertz CT molecular complexity index is 732. The topological polar surface area (TPSA) is 40.6 Å². The normalized spacial score (nSPS) is 10.5. The molecule has 26 heavy (non-hydrogen) atoms. The number of benzene rings is 1. The molecule has 0 N–H and O–H groups in total. The van der Waals surface area contributed by atoms with Crippen molar-refractivity contribution >= 4 is 22.6 Å². The predicted molar refractivity (Wildman–Crippen MR) is 112 cm³/mol. The van der Waals surface area contributed by atoms with Gasteiger partial charge in [-0.2, -0.15) is 0 Å². The molecular formula is C21H24INO3. The standard InChI is InChI=1S/C21H24INO3/c1-4-11-24-14-18-19(15-25-12-5-2)21(22)23-16(3)20(18)26-13-17-9-7-6-8-10-17/h4-10H,1-2,11-15H2,3H3. The van der Waals surface area contributed by atoms with Crippen molar-refractivity contribution in [1.29, 1.82) is 0 Å². The van der Waals surface area contributed by atoms with Gasteiger partial charge in [0.2, 0.25) is 0 Å². The highest BCUT2D eigenvalue weighted by Gasteiger charge is 2.18. The van der Waals surface area contributed by atoms with Gasteiger partial charge in [-0.1, -0.05) is 42.5 Å². The Kier molecular flexibility index (Phi) is 8.80. The molecule has 0 bridgehead atoms. The Balaban J connectivity index is 2.30. The maximum Gasteiger partial charge on any atom is 0.146 e. The van der Waals surface area contributed by atoms with Gasteiger partial charge in [-0.05, 0) is 35.1 Å². The number of rotatable bonds is 11. The number of aryl methyl sites for hydroxylation is 1. The number of halogens is 1. The first-order valence-electron chi connectivity index (χ1n) is 8.39. The molecule has 4 nitrogen and oxygen atoms in total. The Morgan fingerprint density at radius 1 is 0.962 bits per heavy atom. The first-order valence-corrected chi connectivity index (χ1v) is 9.47. The van der Waals surface area contributed by atoms with E-state index in [1.165, 1.54) is 0 Å². The predicted octanol–water partition coefficient (Wildman–Crippen LogP) is 4.98. The average molecular weight is 465 g/mol. The van der Waals surface area contributed by atoms with E-state index < -0.39 is 0 Å². The summed E-state index contributed by atoms with van der Waals surface area (Å²) in [7, 11) is 0. The summed E-state index contributed by atoms with van der Waals surface area (Å²) in [4.78, 5) is 4.63. The van der Waals surface area contributed by atoms with Gasteiger partial charge in [-0.25, -0.2) is 4.98 Å². The fraction of sp³-hybridized carbons (Fsp3) is 0.286. The van der Waals surface area contributed by atoms with E-state index in [2.05, 4.69) is 40.7 Å². The molecule has 0 unspecified atom stereocenters. The second-order valence-electron chi connectivity index (χ2n) is 5.66. The molecule has 5 heteroatoms. The molecule has 0 fully saturated rings. The zero-order chi connectivity index (χ0) is 18.8. The van der Waals surface area contributed by atoms with Crippen LogP contribution in [0.25, 0.3) is 0 Å². The van der Waals surface area contributed by atoms with Crippen molar-refractivity contribution in [2.75, 3.05) is 13.2 Å². The maximum absolute atomic E-state index is 6.14. The Morgan fingerprint density at radius 2 is 1.58 bits per heavy atom. The number of hydrogen-bond acceptors (Lipinski definition) is 4. The van der Waals surface area contributed by atoms with Crippen LogP contribution >= 0.6 is 22.6 Å². The summed E-state index contributed by atoms with van der Waals surface area (Å²) in [6, 6.07) is 10.1. The van der Waals surface area contributed by atoms with E-state index in [0.717, 1.165) is 31.8 Å². The lowest BCUT2D eigenvalue weighted by Gasteiger charge is -2.19. The maximum atomic E-state index is 6.14. The molecule has 0 spiro atoms. The summed E-state index contributed by atoms with van der Waals surface area (Å²) in [5.74, 6) is 0.760. The van der Waals surface area contributed by atoms with E-state index in [9.17, 15) is 0 Å². The van der Waals surface area contributed by atoms with Crippen LogP contribution in [0.5, 0.6) is 5.75 Å². The largest absolute Gasteiger partial charge is 0.487 e. The van der Waals surface area contributed by atoms with E-state index in [0.29, 0.717) is 33.0 Å². The molecule has 0 saturated heterocycles. The average Bonchev–Trinajstić information content (AvgIpc) is 2.64. The summed E-state index contributed by atoms with van der Waals surface area (Å²) in [5.41, 5.74) is 3.91. The highest BCUT2D eigenvalue weighted by atomic mass is 127. The number of hydrogen-bond donors (Lipinski definition) is 0. The van der Waals surface area contributed by atoms with Crippen LogP contribution in [0.3, 0.4) is 0 Å². The fourth-order valence-electron chi connectivity index (χ4n) is 2.45. The van der Waals surface area contributed by atoms with Crippen LogP contribution in [0.2, 0.25) is 0 Å². The van der Waals surface area contributed by atoms with Crippen LogP contribution in [0, 0.1) is 10.6 Å². The van der Waals surface area contributed by atoms with Gasteiger partial charge in [-0.3, -0.25) is 0 Å². The molecule has 2 aromatic rings. The molecule has 2 rings (SSSR count). The molecule has 1 heterocycles. The fourth-order valence-corrected chi connectivity index (χ4v) is 3.30. The zero-order valence-corrected chi connectivity index (χ0v) is 17.2. The monoisotopic (exact) mass is 465 g/mol. The number of ether oxygens (including phenoxy) is 3. The summed E-state index contributed by atoms with van der Waals surface area (Å²) < 4.78 is 18.4. The van der Waals surface area contributed by atoms with E-state index in [1.807, 2.05) is 37.3 Å². The quantitative estimate of drug-likeness (QED) is 0.203. The van der Waals surface area contributed by atoms with Crippen LogP contribution in [0.1, 0.15) is 22.4 Å². The van der Waals surface area contributed by atoms with Crippen LogP contribution in [-0.4, -0.2) is 18.2 Å². The van der Waals surface area contributed by atoms with E-state index in [-0.39, 0.29) is 0 Å². The zero-order valence-electron chi connectivity index (χ0n) is 15.0.